The number of rotatable bonds is 10. The van der Waals surface area contributed by atoms with E-state index in [-0.39, 0.29) is 11.6 Å². The fraction of sp³-hybridized carbons (Fsp3) is 0.156. The van der Waals surface area contributed by atoms with Gasteiger partial charge in [0, 0.05) is 40.2 Å². The predicted molar refractivity (Wildman–Crippen MR) is 166 cm³/mol. The molecule has 3 N–H and O–H groups in total. The molecule has 0 aliphatic rings. The van der Waals surface area contributed by atoms with Crippen LogP contribution in [-0.4, -0.2) is 46.2 Å². The largest absolute Gasteiger partial charge is 0.461 e. The molecule has 43 heavy (non-hydrogen) atoms. The van der Waals surface area contributed by atoms with Crippen molar-refractivity contribution < 1.29 is 17.2 Å². The normalized spacial score (nSPS) is 13.3. The number of nitrogens with two attached hydrogens (primary N) is 1. The molecule has 2 atom stereocenters. The minimum atomic E-state index is -3.31. The van der Waals surface area contributed by atoms with Gasteiger partial charge < -0.3 is 15.5 Å². The number of fused-ring (bicyclic) bond motifs is 2. The molecule has 3 heterocycles. The van der Waals surface area contributed by atoms with Crippen LogP contribution >= 0.6 is 0 Å². The minimum absolute atomic E-state index is 0.152. The highest BCUT2D eigenvalue weighted by molar-refractivity contribution is 7.90. The van der Waals surface area contributed by atoms with Crippen molar-refractivity contribution in [1.82, 2.24) is 19.7 Å². The Morgan fingerprint density at radius 1 is 1.09 bits per heavy atom. The summed E-state index contributed by atoms with van der Waals surface area (Å²) < 4.78 is 45.7. The predicted octanol–water partition coefficient (Wildman–Crippen LogP) is 5.81. The number of hydrogen-bond donors (Lipinski definition) is 2. The van der Waals surface area contributed by atoms with Gasteiger partial charge in [-0.1, -0.05) is 18.2 Å². The van der Waals surface area contributed by atoms with Crippen LogP contribution in [0.15, 0.2) is 102 Å². The Hall–Kier alpha value is -4.87. The van der Waals surface area contributed by atoms with Gasteiger partial charge in [0.15, 0.2) is 0 Å². The van der Waals surface area contributed by atoms with Gasteiger partial charge in [-0.2, -0.15) is 5.10 Å². The topological polar surface area (TPSA) is 129 Å². The number of nitrogens with one attached hydrogen (secondary N) is 1. The van der Waals surface area contributed by atoms with Crippen LogP contribution in [0.1, 0.15) is 17.2 Å². The van der Waals surface area contributed by atoms with Crippen molar-refractivity contribution in [3.63, 3.8) is 0 Å². The lowest BCUT2D eigenvalue weighted by molar-refractivity contribution is 0.464. The molecule has 0 amide bonds. The Kier molecular flexibility index (Phi) is 7.51. The van der Waals surface area contributed by atoms with Crippen molar-refractivity contribution >= 4 is 43.1 Å². The summed E-state index contributed by atoms with van der Waals surface area (Å²) in [5.41, 5.74) is 10.2. The van der Waals surface area contributed by atoms with E-state index in [1.54, 1.807) is 24.4 Å². The van der Waals surface area contributed by atoms with E-state index in [4.69, 9.17) is 10.2 Å². The molecular formula is C32H29FN6O3S. The average Bonchev–Trinajstić information content (AvgIpc) is 3.63. The first-order valence-corrected chi connectivity index (χ1v) is 15.6. The highest BCUT2D eigenvalue weighted by Gasteiger charge is 2.26. The molecule has 2 unspecified atom stereocenters. The van der Waals surface area contributed by atoms with Crippen LogP contribution in [0.4, 0.5) is 15.9 Å². The Morgan fingerprint density at radius 2 is 1.95 bits per heavy atom. The Labute approximate surface area is 247 Å². The van der Waals surface area contributed by atoms with Crippen molar-refractivity contribution in [2.45, 2.75) is 18.5 Å². The lowest BCUT2D eigenvalue weighted by atomic mass is 10.0. The maximum absolute atomic E-state index is 13.7. The number of hydrogen-bond acceptors (Lipinski definition) is 8. The summed E-state index contributed by atoms with van der Waals surface area (Å²) >= 11 is 0. The molecule has 0 bridgehead atoms. The third-order valence-electron chi connectivity index (χ3n) is 7.26. The number of benzene rings is 3. The van der Waals surface area contributed by atoms with Crippen molar-refractivity contribution in [3.8, 4) is 11.3 Å². The Bertz CT molecular complexity index is 2070. The molecule has 3 aromatic heterocycles. The SMILES string of the molecule is C=CC(N)C(CS(C)(=O)=O)c1ccc(-c2ccc3ncnc(Nc4ccc5c(cnn5Cc5cccc(F)c5)c4)c3c2)o1. The molecular weight excluding hydrogens is 567 g/mol. The van der Waals surface area contributed by atoms with Gasteiger partial charge in [-0.05, 0) is 66.2 Å². The highest BCUT2D eigenvalue weighted by atomic mass is 32.2. The Balaban J connectivity index is 1.28. The van der Waals surface area contributed by atoms with Crippen LogP contribution in [0.5, 0.6) is 0 Å². The minimum Gasteiger partial charge on any atom is -0.461 e. The molecule has 6 rings (SSSR count). The molecule has 0 aliphatic heterocycles. The van der Waals surface area contributed by atoms with Crippen LogP contribution < -0.4 is 11.1 Å². The van der Waals surface area contributed by atoms with E-state index < -0.39 is 21.8 Å². The van der Waals surface area contributed by atoms with Gasteiger partial charge >= 0.3 is 0 Å². The van der Waals surface area contributed by atoms with Crippen LogP contribution in [0.25, 0.3) is 33.1 Å². The summed E-state index contributed by atoms with van der Waals surface area (Å²) in [5, 5.41) is 9.59. The molecule has 0 saturated carbocycles. The van der Waals surface area contributed by atoms with E-state index in [2.05, 4.69) is 27.0 Å². The fourth-order valence-corrected chi connectivity index (χ4v) is 6.16. The summed E-state index contributed by atoms with van der Waals surface area (Å²) in [7, 11) is -3.31. The second-order valence-electron chi connectivity index (χ2n) is 10.5. The van der Waals surface area contributed by atoms with Crippen LogP contribution in [-0.2, 0) is 16.4 Å². The maximum Gasteiger partial charge on any atom is 0.148 e. The Morgan fingerprint density at radius 3 is 2.74 bits per heavy atom. The molecule has 11 heteroatoms. The smallest absolute Gasteiger partial charge is 0.148 e. The summed E-state index contributed by atoms with van der Waals surface area (Å²) in [6.07, 6.45) is 5.97. The first-order chi connectivity index (χ1) is 20.7. The van der Waals surface area contributed by atoms with E-state index in [9.17, 15) is 12.8 Å². The number of anilines is 2. The lowest BCUT2D eigenvalue weighted by Crippen LogP contribution is -2.30. The van der Waals surface area contributed by atoms with Gasteiger partial charge in [0.2, 0.25) is 0 Å². The summed E-state index contributed by atoms with van der Waals surface area (Å²) in [6.45, 7) is 4.17. The lowest BCUT2D eigenvalue weighted by Gasteiger charge is -2.18. The van der Waals surface area contributed by atoms with Gasteiger partial charge in [0.1, 0.15) is 39.3 Å². The second kappa shape index (κ2) is 11.4. The first kappa shape index (κ1) is 28.3. The molecule has 9 nitrogen and oxygen atoms in total. The highest BCUT2D eigenvalue weighted by Crippen LogP contribution is 2.33. The maximum atomic E-state index is 13.7. The van der Waals surface area contributed by atoms with Crippen LogP contribution in [0.3, 0.4) is 0 Å². The molecule has 218 valence electrons. The molecule has 0 fully saturated rings. The van der Waals surface area contributed by atoms with Gasteiger partial charge in [-0.25, -0.2) is 22.8 Å². The van der Waals surface area contributed by atoms with Gasteiger partial charge in [0.25, 0.3) is 0 Å². The first-order valence-electron chi connectivity index (χ1n) is 13.5. The number of nitrogens with zero attached hydrogens (tertiary/aromatic N) is 4. The van der Waals surface area contributed by atoms with E-state index >= 15 is 0 Å². The molecule has 6 aromatic rings. The van der Waals surface area contributed by atoms with E-state index in [1.807, 2.05) is 47.1 Å². The van der Waals surface area contributed by atoms with Gasteiger partial charge in [-0.15, -0.1) is 6.58 Å². The molecule has 0 spiro atoms. The van der Waals surface area contributed by atoms with Crippen LogP contribution in [0, 0.1) is 5.82 Å². The third kappa shape index (κ3) is 6.18. The molecule has 3 aromatic carbocycles. The summed E-state index contributed by atoms with van der Waals surface area (Å²) in [4.78, 5) is 8.90. The number of aromatic nitrogens is 4. The standard InChI is InChI=1S/C32H29FN6O3S/c1-3-27(34)26(18-43(2,40)41)31-12-11-30(42-31)21-7-9-28-25(15-21)32(36-19-35-28)38-24-8-10-29-22(14-24)16-37-39(29)17-20-5-4-6-23(33)13-20/h3-16,19,26-27H,1,17-18,34H2,2H3,(H,35,36,38). The number of sulfone groups is 1. The molecule has 0 saturated heterocycles. The number of furan rings is 1. The average molecular weight is 597 g/mol. The second-order valence-corrected chi connectivity index (χ2v) is 12.7. The fourth-order valence-electron chi connectivity index (χ4n) is 5.13. The monoisotopic (exact) mass is 596 g/mol. The zero-order valence-corrected chi connectivity index (χ0v) is 24.1. The van der Waals surface area contributed by atoms with Gasteiger partial charge in [-0.3, -0.25) is 4.68 Å². The van der Waals surface area contributed by atoms with Crippen LogP contribution in [0.2, 0.25) is 0 Å². The van der Waals surface area contributed by atoms with E-state index in [1.165, 1.54) is 30.8 Å². The summed E-state index contributed by atoms with van der Waals surface area (Å²) in [6, 6.07) is 21.0. The molecule has 0 radical (unpaired) electrons. The van der Waals surface area contributed by atoms with Crippen molar-refractivity contribution in [2.75, 3.05) is 17.3 Å². The van der Waals surface area contributed by atoms with E-state index in [0.29, 0.717) is 23.9 Å². The van der Waals surface area contributed by atoms with Crippen molar-refractivity contribution in [2.24, 2.45) is 5.73 Å². The summed E-state index contributed by atoms with van der Waals surface area (Å²) in [5.74, 6) is 0.654. The third-order valence-corrected chi connectivity index (χ3v) is 8.22. The van der Waals surface area contributed by atoms with Crippen molar-refractivity contribution in [3.05, 3.63) is 115 Å². The zero-order valence-electron chi connectivity index (χ0n) is 23.3. The van der Waals surface area contributed by atoms with E-state index in [0.717, 1.165) is 38.6 Å². The zero-order chi connectivity index (χ0) is 30.1. The number of halogens is 1. The molecule has 0 aliphatic carbocycles. The van der Waals surface area contributed by atoms with Crippen molar-refractivity contribution in [1.29, 1.82) is 0 Å². The quantitative estimate of drug-likeness (QED) is 0.190. The van der Waals surface area contributed by atoms with Gasteiger partial charge in [0.05, 0.1) is 29.5 Å².